The predicted octanol–water partition coefficient (Wildman–Crippen LogP) is 2.56. The fourth-order valence-corrected chi connectivity index (χ4v) is 1.43. The van der Waals surface area contributed by atoms with Crippen LogP contribution in [-0.2, 0) is 19.1 Å². The normalized spacial score (nSPS) is 11.7. The third-order valence-electron chi connectivity index (χ3n) is 2.19. The number of hydrogen-bond donors (Lipinski definition) is 1. The molecule has 0 bridgehead atoms. The van der Waals surface area contributed by atoms with E-state index in [0.717, 1.165) is 0 Å². The van der Waals surface area contributed by atoms with Gasteiger partial charge in [-0.05, 0) is 11.6 Å². The molecule has 8 heteroatoms. The topological polar surface area (TPSA) is 62.7 Å². The number of nitrogens with zero attached hydrogens (tertiary/aromatic N) is 2. The van der Waals surface area contributed by atoms with Gasteiger partial charge in [-0.25, -0.2) is 13.8 Å². The Morgan fingerprint density at radius 1 is 1.39 bits per heavy atom. The summed E-state index contributed by atoms with van der Waals surface area (Å²) in [5.74, 6) is 0. The van der Waals surface area contributed by atoms with Crippen LogP contribution >= 0.6 is 0 Å². The van der Waals surface area contributed by atoms with Crippen molar-refractivity contribution in [2.75, 3.05) is 0 Å². The lowest BCUT2D eigenvalue weighted by Gasteiger charge is -2.15. The molecule has 1 heterocycles. The van der Waals surface area contributed by atoms with Gasteiger partial charge in [-0.15, -0.1) is 0 Å². The molecule has 0 aliphatic carbocycles. The van der Waals surface area contributed by atoms with Crippen LogP contribution in [0.1, 0.15) is 28.9 Å². The van der Waals surface area contributed by atoms with E-state index in [1.807, 2.05) is 0 Å². The van der Waals surface area contributed by atoms with E-state index in [1.54, 1.807) is 0 Å². The predicted molar refractivity (Wildman–Crippen MR) is 51.4 cm³/mol. The van der Waals surface area contributed by atoms with Gasteiger partial charge in [0, 0.05) is 6.54 Å². The first-order valence-corrected chi connectivity index (χ1v) is 4.76. The number of nitrogens with two attached hydrogens (primary N) is 1. The second-order valence-electron chi connectivity index (χ2n) is 3.36. The van der Waals surface area contributed by atoms with E-state index in [0.29, 0.717) is 6.07 Å². The number of hydrogen-bond acceptors (Lipinski definition) is 3. The minimum Gasteiger partial charge on any atom is -0.325 e. The number of aromatic nitrogens is 1. The van der Waals surface area contributed by atoms with Gasteiger partial charge in [0.15, 0.2) is 0 Å². The summed E-state index contributed by atoms with van der Waals surface area (Å²) in [6, 6.07) is 2.04. The molecule has 0 aliphatic rings. The van der Waals surface area contributed by atoms with Gasteiger partial charge < -0.3 is 5.73 Å². The van der Waals surface area contributed by atoms with E-state index in [9.17, 15) is 22.0 Å². The first-order chi connectivity index (χ1) is 8.31. The van der Waals surface area contributed by atoms with Crippen LogP contribution in [0.25, 0.3) is 0 Å². The SMILES string of the molecule is N#CCc1cc(C(F)(F)F)c(CN)nc1C(F)F. The monoisotopic (exact) mass is 265 g/mol. The molecule has 0 saturated carbocycles. The highest BCUT2D eigenvalue weighted by Crippen LogP contribution is 2.34. The molecule has 98 valence electrons. The number of rotatable bonds is 3. The summed E-state index contributed by atoms with van der Waals surface area (Å²) in [5.41, 5.74) is 1.97. The summed E-state index contributed by atoms with van der Waals surface area (Å²) in [6.07, 6.45) is -8.37. The molecule has 0 saturated heterocycles. The van der Waals surface area contributed by atoms with Gasteiger partial charge in [0.2, 0.25) is 0 Å². The number of alkyl halides is 5. The molecular formula is C10H8F5N3. The van der Waals surface area contributed by atoms with Crippen molar-refractivity contribution in [1.82, 2.24) is 4.98 Å². The molecule has 0 atom stereocenters. The van der Waals surface area contributed by atoms with Crippen molar-refractivity contribution in [2.45, 2.75) is 25.6 Å². The number of halogens is 5. The highest BCUT2D eigenvalue weighted by Gasteiger charge is 2.35. The number of pyridine rings is 1. The van der Waals surface area contributed by atoms with E-state index in [4.69, 9.17) is 11.0 Å². The largest absolute Gasteiger partial charge is 0.418 e. The van der Waals surface area contributed by atoms with Crippen LogP contribution in [0.15, 0.2) is 6.07 Å². The Balaban J connectivity index is 3.47. The Hall–Kier alpha value is -1.75. The van der Waals surface area contributed by atoms with Crippen molar-refractivity contribution in [2.24, 2.45) is 5.73 Å². The molecule has 1 aromatic heterocycles. The maximum atomic E-state index is 12.6. The standard InChI is InChI=1S/C10H8F5N3/c11-9(12)8-5(1-2-16)3-6(10(13,14)15)7(4-17)18-8/h3,9H,1,4,17H2. The zero-order chi connectivity index (χ0) is 13.9. The fraction of sp³-hybridized carbons (Fsp3) is 0.400. The summed E-state index contributed by atoms with van der Waals surface area (Å²) in [6.45, 7) is -0.610. The Labute approximate surface area is 99.0 Å². The average Bonchev–Trinajstić information content (AvgIpc) is 2.27. The van der Waals surface area contributed by atoms with Crippen LogP contribution in [0.3, 0.4) is 0 Å². The first kappa shape index (κ1) is 14.3. The first-order valence-electron chi connectivity index (χ1n) is 4.76. The Morgan fingerprint density at radius 2 is 2.00 bits per heavy atom. The van der Waals surface area contributed by atoms with Gasteiger partial charge in [0.1, 0.15) is 5.69 Å². The van der Waals surface area contributed by atoms with Crippen LogP contribution in [0.4, 0.5) is 22.0 Å². The third-order valence-corrected chi connectivity index (χ3v) is 2.19. The molecule has 18 heavy (non-hydrogen) atoms. The molecule has 0 radical (unpaired) electrons. The zero-order valence-corrected chi connectivity index (χ0v) is 8.93. The number of nitriles is 1. The highest BCUT2D eigenvalue weighted by molar-refractivity contribution is 5.35. The molecule has 2 N–H and O–H groups in total. The van der Waals surface area contributed by atoms with Crippen LogP contribution in [0, 0.1) is 11.3 Å². The van der Waals surface area contributed by atoms with Crippen molar-refractivity contribution in [3.63, 3.8) is 0 Å². The lowest BCUT2D eigenvalue weighted by molar-refractivity contribution is -0.138. The van der Waals surface area contributed by atoms with Gasteiger partial charge in [-0.3, -0.25) is 0 Å². The van der Waals surface area contributed by atoms with Crippen LogP contribution < -0.4 is 5.73 Å². The summed E-state index contributed by atoms with van der Waals surface area (Å²) < 4.78 is 63.1. The molecule has 1 rings (SSSR count). The fourth-order valence-electron chi connectivity index (χ4n) is 1.43. The average molecular weight is 265 g/mol. The molecule has 1 aromatic rings. The van der Waals surface area contributed by atoms with Crippen LogP contribution in [-0.4, -0.2) is 4.98 Å². The van der Waals surface area contributed by atoms with Gasteiger partial charge in [0.05, 0.1) is 23.7 Å². The van der Waals surface area contributed by atoms with Gasteiger partial charge in [0.25, 0.3) is 6.43 Å². The van der Waals surface area contributed by atoms with Crippen molar-refractivity contribution < 1.29 is 22.0 Å². The van der Waals surface area contributed by atoms with E-state index < -0.39 is 48.1 Å². The maximum Gasteiger partial charge on any atom is 0.418 e. The summed E-state index contributed by atoms with van der Waals surface area (Å²) >= 11 is 0. The van der Waals surface area contributed by atoms with Gasteiger partial charge in [-0.2, -0.15) is 18.4 Å². The van der Waals surface area contributed by atoms with Crippen molar-refractivity contribution >= 4 is 0 Å². The molecule has 0 spiro atoms. The van der Waals surface area contributed by atoms with Gasteiger partial charge >= 0.3 is 6.18 Å². The minimum atomic E-state index is -4.74. The van der Waals surface area contributed by atoms with E-state index in [-0.39, 0.29) is 0 Å². The Kier molecular flexibility index (Phi) is 4.19. The quantitative estimate of drug-likeness (QED) is 0.854. The minimum absolute atomic E-state index is 0.433. The smallest absolute Gasteiger partial charge is 0.325 e. The van der Waals surface area contributed by atoms with E-state index in [1.165, 1.54) is 6.07 Å². The summed E-state index contributed by atoms with van der Waals surface area (Å²) in [7, 11) is 0. The van der Waals surface area contributed by atoms with Crippen LogP contribution in [0.2, 0.25) is 0 Å². The van der Waals surface area contributed by atoms with E-state index in [2.05, 4.69) is 4.98 Å². The molecule has 0 aromatic carbocycles. The lowest BCUT2D eigenvalue weighted by atomic mass is 10.0. The Bertz CT molecular complexity index is 476. The maximum absolute atomic E-state index is 12.6. The molecule has 0 unspecified atom stereocenters. The van der Waals surface area contributed by atoms with Crippen molar-refractivity contribution in [3.8, 4) is 6.07 Å². The Morgan fingerprint density at radius 3 is 2.39 bits per heavy atom. The molecule has 0 aliphatic heterocycles. The lowest BCUT2D eigenvalue weighted by Crippen LogP contribution is -2.16. The van der Waals surface area contributed by atoms with Gasteiger partial charge in [-0.1, -0.05) is 0 Å². The second kappa shape index (κ2) is 5.27. The molecule has 0 fully saturated rings. The molecular weight excluding hydrogens is 257 g/mol. The highest BCUT2D eigenvalue weighted by atomic mass is 19.4. The van der Waals surface area contributed by atoms with Crippen LogP contribution in [0.5, 0.6) is 0 Å². The molecule has 3 nitrogen and oxygen atoms in total. The van der Waals surface area contributed by atoms with E-state index >= 15 is 0 Å². The summed E-state index contributed by atoms with van der Waals surface area (Å²) in [5, 5.41) is 8.42. The zero-order valence-electron chi connectivity index (χ0n) is 8.93. The van der Waals surface area contributed by atoms with Crippen molar-refractivity contribution in [1.29, 1.82) is 5.26 Å². The summed E-state index contributed by atoms with van der Waals surface area (Å²) in [4.78, 5) is 3.23. The second-order valence-corrected chi connectivity index (χ2v) is 3.36. The third kappa shape index (κ3) is 2.92. The molecule has 0 amide bonds. The van der Waals surface area contributed by atoms with Crippen molar-refractivity contribution in [3.05, 3.63) is 28.6 Å².